The average Bonchev–Trinajstić information content (AvgIpc) is 3.18. The third-order valence-electron chi connectivity index (χ3n) is 3.49. The van der Waals surface area contributed by atoms with Gasteiger partial charge in [-0.25, -0.2) is 4.79 Å². The van der Waals surface area contributed by atoms with Gasteiger partial charge in [0, 0.05) is 28.7 Å². The molecule has 122 valence electrons. The van der Waals surface area contributed by atoms with Gasteiger partial charge in [-0.2, -0.15) is 0 Å². The Hall–Kier alpha value is -2.60. The molecule has 24 heavy (non-hydrogen) atoms. The Morgan fingerprint density at radius 1 is 1.25 bits per heavy atom. The molecule has 0 radical (unpaired) electrons. The molecule has 0 bridgehead atoms. The van der Waals surface area contributed by atoms with Crippen LogP contribution in [0.5, 0.6) is 0 Å². The standard InChI is InChI=1S/C18H14BrNO4/c1-11(23-17(21)9-7-12-6-8-16(19)24-12)18(22)14-10-20-15-5-3-2-4-13(14)15/h2-11,20H,1H3/b9-7-/t11-/m0/s1. The molecule has 0 aliphatic rings. The topological polar surface area (TPSA) is 72.3 Å². The monoisotopic (exact) mass is 387 g/mol. The number of nitrogens with one attached hydrogen (secondary N) is 1. The van der Waals surface area contributed by atoms with Gasteiger partial charge >= 0.3 is 5.97 Å². The molecule has 3 rings (SSSR count). The fraction of sp³-hybridized carbons (Fsp3) is 0.111. The number of benzene rings is 1. The van der Waals surface area contributed by atoms with Gasteiger partial charge in [-0.1, -0.05) is 18.2 Å². The van der Waals surface area contributed by atoms with Crippen LogP contribution >= 0.6 is 15.9 Å². The lowest BCUT2D eigenvalue weighted by atomic mass is 10.1. The van der Waals surface area contributed by atoms with Crippen molar-refractivity contribution in [2.45, 2.75) is 13.0 Å². The molecule has 3 aromatic rings. The van der Waals surface area contributed by atoms with Crippen LogP contribution in [-0.4, -0.2) is 22.8 Å². The van der Waals surface area contributed by atoms with E-state index in [-0.39, 0.29) is 5.78 Å². The van der Waals surface area contributed by atoms with Crippen molar-refractivity contribution < 1.29 is 18.7 Å². The number of carbonyl (C=O) groups excluding carboxylic acids is 2. The number of para-hydroxylation sites is 1. The van der Waals surface area contributed by atoms with E-state index in [4.69, 9.17) is 9.15 Å². The van der Waals surface area contributed by atoms with Gasteiger partial charge in [0.2, 0.25) is 5.78 Å². The second-order valence-electron chi connectivity index (χ2n) is 5.17. The number of halogens is 1. The molecule has 0 saturated heterocycles. The summed E-state index contributed by atoms with van der Waals surface area (Å²) >= 11 is 3.18. The first-order valence-corrected chi connectivity index (χ1v) is 8.08. The van der Waals surface area contributed by atoms with Gasteiger partial charge in [0.1, 0.15) is 5.76 Å². The molecular formula is C18H14BrNO4. The first kappa shape index (κ1) is 16.3. The number of aromatic nitrogens is 1. The average molecular weight is 388 g/mol. The highest BCUT2D eigenvalue weighted by Crippen LogP contribution is 2.20. The lowest BCUT2D eigenvalue weighted by Crippen LogP contribution is -2.23. The number of fused-ring (bicyclic) bond motifs is 1. The minimum atomic E-state index is -0.885. The van der Waals surface area contributed by atoms with E-state index in [1.807, 2.05) is 24.3 Å². The normalized spacial score (nSPS) is 12.6. The van der Waals surface area contributed by atoms with Crippen molar-refractivity contribution in [2.75, 3.05) is 0 Å². The quantitative estimate of drug-likeness (QED) is 0.401. The Morgan fingerprint density at radius 3 is 2.79 bits per heavy atom. The molecule has 1 aromatic carbocycles. The van der Waals surface area contributed by atoms with Crippen LogP contribution < -0.4 is 0 Å². The number of ketones is 1. The summed E-state index contributed by atoms with van der Waals surface area (Å²) in [6.07, 6.45) is 3.46. The third-order valence-corrected chi connectivity index (χ3v) is 3.92. The van der Waals surface area contributed by atoms with Gasteiger partial charge in [0.05, 0.1) is 0 Å². The van der Waals surface area contributed by atoms with Crippen LogP contribution in [0.25, 0.3) is 17.0 Å². The molecule has 1 N–H and O–H groups in total. The summed E-state index contributed by atoms with van der Waals surface area (Å²) in [6.45, 7) is 1.55. The van der Waals surface area contributed by atoms with Crippen LogP contribution in [0.2, 0.25) is 0 Å². The Morgan fingerprint density at radius 2 is 2.04 bits per heavy atom. The zero-order valence-corrected chi connectivity index (χ0v) is 14.4. The van der Waals surface area contributed by atoms with Crippen molar-refractivity contribution in [3.63, 3.8) is 0 Å². The van der Waals surface area contributed by atoms with Crippen LogP contribution in [0.3, 0.4) is 0 Å². The first-order valence-electron chi connectivity index (χ1n) is 7.29. The van der Waals surface area contributed by atoms with E-state index in [0.717, 1.165) is 10.9 Å². The van der Waals surface area contributed by atoms with Gasteiger partial charge < -0.3 is 14.1 Å². The number of Topliss-reactive ketones (excluding diaryl/α,β-unsaturated/α-hetero) is 1. The summed E-state index contributed by atoms with van der Waals surface area (Å²) in [6, 6.07) is 10.9. The van der Waals surface area contributed by atoms with E-state index in [9.17, 15) is 9.59 Å². The van der Waals surface area contributed by atoms with Crippen molar-refractivity contribution in [3.05, 3.63) is 64.7 Å². The smallest absolute Gasteiger partial charge is 0.331 e. The van der Waals surface area contributed by atoms with Crippen molar-refractivity contribution in [1.29, 1.82) is 0 Å². The maximum Gasteiger partial charge on any atom is 0.331 e. The fourth-order valence-electron chi connectivity index (χ4n) is 2.33. The number of esters is 1. The molecule has 0 amide bonds. The summed E-state index contributed by atoms with van der Waals surface area (Å²) in [7, 11) is 0. The number of H-pyrrole nitrogens is 1. The van der Waals surface area contributed by atoms with Crippen LogP contribution in [0.1, 0.15) is 23.0 Å². The summed E-state index contributed by atoms with van der Waals surface area (Å²) < 4.78 is 11.0. The molecular weight excluding hydrogens is 374 g/mol. The largest absolute Gasteiger partial charge is 0.451 e. The fourth-order valence-corrected chi connectivity index (χ4v) is 2.65. The molecule has 6 heteroatoms. The Bertz CT molecular complexity index is 922. The summed E-state index contributed by atoms with van der Waals surface area (Å²) in [4.78, 5) is 27.4. The second kappa shape index (κ2) is 6.88. The summed E-state index contributed by atoms with van der Waals surface area (Å²) in [5.74, 6) is -0.354. The minimum Gasteiger partial charge on any atom is -0.451 e. The Kier molecular flexibility index (Phi) is 4.66. The lowest BCUT2D eigenvalue weighted by Gasteiger charge is -2.10. The molecule has 2 heterocycles. The summed E-state index contributed by atoms with van der Waals surface area (Å²) in [5, 5.41) is 0.807. The van der Waals surface area contributed by atoms with Crippen molar-refractivity contribution in [2.24, 2.45) is 0 Å². The predicted octanol–water partition coefficient (Wildman–Crippen LogP) is 4.35. The van der Waals surface area contributed by atoms with E-state index in [0.29, 0.717) is 16.0 Å². The van der Waals surface area contributed by atoms with Crippen LogP contribution in [0, 0.1) is 0 Å². The maximum absolute atomic E-state index is 12.5. The van der Waals surface area contributed by atoms with E-state index in [2.05, 4.69) is 20.9 Å². The molecule has 0 saturated carbocycles. The number of hydrogen-bond acceptors (Lipinski definition) is 4. The third kappa shape index (κ3) is 3.49. The van der Waals surface area contributed by atoms with Crippen molar-refractivity contribution >= 4 is 44.7 Å². The molecule has 0 unspecified atom stereocenters. The number of furan rings is 1. The van der Waals surface area contributed by atoms with Crippen LogP contribution in [0.4, 0.5) is 0 Å². The molecule has 5 nitrogen and oxygen atoms in total. The van der Waals surface area contributed by atoms with E-state index in [1.54, 1.807) is 25.3 Å². The Balaban J connectivity index is 1.67. The van der Waals surface area contributed by atoms with Gasteiger partial charge in [-0.05, 0) is 47.1 Å². The van der Waals surface area contributed by atoms with Crippen molar-refractivity contribution in [3.8, 4) is 0 Å². The highest BCUT2D eigenvalue weighted by atomic mass is 79.9. The van der Waals surface area contributed by atoms with E-state index < -0.39 is 12.1 Å². The van der Waals surface area contributed by atoms with Gasteiger partial charge in [0.15, 0.2) is 10.8 Å². The van der Waals surface area contributed by atoms with Gasteiger partial charge in [-0.3, -0.25) is 4.79 Å². The van der Waals surface area contributed by atoms with E-state index in [1.165, 1.54) is 12.2 Å². The van der Waals surface area contributed by atoms with Crippen molar-refractivity contribution in [1.82, 2.24) is 4.98 Å². The first-order chi connectivity index (χ1) is 11.5. The number of ether oxygens (including phenoxy) is 1. The maximum atomic E-state index is 12.5. The predicted molar refractivity (Wildman–Crippen MR) is 93.6 cm³/mol. The van der Waals surface area contributed by atoms with Crippen LogP contribution in [0.15, 0.2) is 57.8 Å². The number of carbonyl (C=O) groups is 2. The molecule has 0 spiro atoms. The molecule has 1 atom stereocenters. The molecule has 0 fully saturated rings. The number of rotatable bonds is 5. The van der Waals surface area contributed by atoms with Crippen LogP contribution in [-0.2, 0) is 9.53 Å². The van der Waals surface area contributed by atoms with Gasteiger partial charge in [-0.15, -0.1) is 0 Å². The molecule has 0 aliphatic heterocycles. The van der Waals surface area contributed by atoms with Gasteiger partial charge in [0.25, 0.3) is 0 Å². The summed E-state index contributed by atoms with van der Waals surface area (Å²) in [5.41, 5.74) is 1.37. The molecule has 0 aliphatic carbocycles. The highest BCUT2D eigenvalue weighted by molar-refractivity contribution is 9.10. The lowest BCUT2D eigenvalue weighted by molar-refractivity contribution is -0.140. The second-order valence-corrected chi connectivity index (χ2v) is 5.95. The minimum absolute atomic E-state index is 0.255. The highest BCUT2D eigenvalue weighted by Gasteiger charge is 2.21. The zero-order valence-electron chi connectivity index (χ0n) is 12.8. The number of aromatic amines is 1. The number of hydrogen-bond donors (Lipinski definition) is 1. The molecule has 2 aromatic heterocycles. The zero-order chi connectivity index (χ0) is 17.1. The Labute approximate surface area is 146 Å². The SMILES string of the molecule is C[C@H](OC(=O)/C=C\c1ccc(Br)o1)C(=O)c1c[nH]c2ccccc12. The van der Waals surface area contributed by atoms with E-state index >= 15 is 0 Å².